The lowest BCUT2D eigenvalue weighted by Crippen LogP contribution is -2.22. The molecule has 1 saturated heterocycles. The van der Waals surface area contributed by atoms with Crippen LogP contribution in [-0.2, 0) is 27.2 Å². The minimum absolute atomic E-state index is 0.178. The van der Waals surface area contributed by atoms with Crippen molar-refractivity contribution in [1.29, 1.82) is 0 Å². The van der Waals surface area contributed by atoms with Crippen molar-refractivity contribution in [3.05, 3.63) is 24.0 Å². The fourth-order valence-electron chi connectivity index (χ4n) is 3.45. The van der Waals surface area contributed by atoms with Crippen LogP contribution in [0, 0.1) is 11.3 Å². The van der Waals surface area contributed by atoms with Gasteiger partial charge in [0.05, 0.1) is 23.9 Å². The third-order valence-corrected chi connectivity index (χ3v) is 5.82. The minimum Gasteiger partial charge on any atom is -0.468 e. The van der Waals surface area contributed by atoms with Crippen LogP contribution in [0.1, 0.15) is 39.4 Å². The Balaban J connectivity index is 1.89. The summed E-state index contributed by atoms with van der Waals surface area (Å²) in [5.41, 5.74) is 2.37. The van der Waals surface area contributed by atoms with E-state index in [2.05, 4.69) is 43.5 Å². The molecular weight excluding hydrogens is 360 g/mol. The molecule has 148 valence electrons. The maximum atomic E-state index is 11.4. The molecule has 0 spiro atoms. The Morgan fingerprint density at radius 3 is 2.74 bits per heavy atom. The lowest BCUT2D eigenvalue weighted by Gasteiger charge is -2.25. The normalized spacial score (nSPS) is 16.0. The van der Waals surface area contributed by atoms with Gasteiger partial charge < -0.3 is 14.0 Å². The summed E-state index contributed by atoms with van der Waals surface area (Å²) in [6, 6.07) is 6.32. The molecule has 1 aliphatic heterocycles. The number of methoxy groups -OCH3 is 1. The highest BCUT2D eigenvalue weighted by molar-refractivity contribution is 8.00. The van der Waals surface area contributed by atoms with Crippen LogP contribution in [0.5, 0.6) is 0 Å². The molecule has 6 heteroatoms. The molecule has 0 atom stereocenters. The van der Waals surface area contributed by atoms with Gasteiger partial charge in [-0.3, -0.25) is 4.79 Å². The van der Waals surface area contributed by atoms with Gasteiger partial charge in [-0.15, -0.1) is 11.8 Å². The van der Waals surface area contributed by atoms with Gasteiger partial charge in [-0.2, -0.15) is 0 Å². The number of benzene rings is 1. The van der Waals surface area contributed by atoms with Gasteiger partial charge in [0, 0.05) is 31.1 Å². The average Bonchev–Trinajstić information content (AvgIpc) is 2.95. The summed E-state index contributed by atoms with van der Waals surface area (Å²) < 4.78 is 12.7. The highest BCUT2D eigenvalue weighted by Gasteiger charge is 2.22. The second kappa shape index (κ2) is 8.65. The zero-order valence-electron chi connectivity index (χ0n) is 16.8. The predicted octanol–water partition coefficient (Wildman–Crippen LogP) is 4.32. The van der Waals surface area contributed by atoms with Crippen LogP contribution >= 0.6 is 11.8 Å². The van der Waals surface area contributed by atoms with E-state index in [1.165, 1.54) is 24.4 Å². The van der Waals surface area contributed by atoms with Gasteiger partial charge in [-0.1, -0.05) is 20.8 Å². The van der Waals surface area contributed by atoms with E-state index < -0.39 is 0 Å². The number of ether oxygens (including phenoxy) is 2. The highest BCUT2D eigenvalue weighted by Crippen LogP contribution is 2.29. The molecule has 2 heterocycles. The maximum absolute atomic E-state index is 11.4. The molecule has 0 unspecified atom stereocenters. The third kappa shape index (κ3) is 5.48. The SMILES string of the molecule is COC(=O)CSc1ccc2c(c1)nc(CC(C)(C)C)n2CC1CCOCC1. The van der Waals surface area contributed by atoms with Gasteiger partial charge >= 0.3 is 5.97 Å². The fourth-order valence-corrected chi connectivity index (χ4v) is 4.21. The summed E-state index contributed by atoms with van der Waals surface area (Å²) in [6.07, 6.45) is 3.17. The van der Waals surface area contributed by atoms with Gasteiger partial charge in [0.25, 0.3) is 0 Å². The topological polar surface area (TPSA) is 53.3 Å². The van der Waals surface area contributed by atoms with E-state index in [1.54, 1.807) is 0 Å². The molecule has 1 fully saturated rings. The molecule has 27 heavy (non-hydrogen) atoms. The largest absolute Gasteiger partial charge is 0.468 e. The Kier molecular flexibility index (Phi) is 6.48. The van der Waals surface area contributed by atoms with E-state index in [4.69, 9.17) is 14.5 Å². The van der Waals surface area contributed by atoms with Crippen molar-refractivity contribution in [2.75, 3.05) is 26.1 Å². The maximum Gasteiger partial charge on any atom is 0.315 e. The monoisotopic (exact) mass is 390 g/mol. The quantitative estimate of drug-likeness (QED) is 0.543. The molecule has 0 amide bonds. The molecule has 5 nitrogen and oxygen atoms in total. The van der Waals surface area contributed by atoms with Crippen molar-refractivity contribution in [2.45, 2.75) is 51.5 Å². The first-order chi connectivity index (χ1) is 12.9. The molecule has 2 aromatic rings. The van der Waals surface area contributed by atoms with Gasteiger partial charge in [0.15, 0.2) is 0 Å². The second-order valence-corrected chi connectivity index (χ2v) is 9.50. The van der Waals surface area contributed by atoms with Crippen LogP contribution < -0.4 is 0 Å². The number of hydrogen-bond donors (Lipinski definition) is 0. The molecule has 1 aromatic carbocycles. The number of carbonyl (C=O) groups excluding carboxylic acids is 1. The number of fused-ring (bicyclic) bond motifs is 1. The summed E-state index contributed by atoms with van der Waals surface area (Å²) in [4.78, 5) is 17.4. The molecule has 0 radical (unpaired) electrons. The van der Waals surface area contributed by atoms with Crippen molar-refractivity contribution >= 4 is 28.8 Å². The number of nitrogens with zero attached hydrogens (tertiary/aromatic N) is 2. The molecule has 0 saturated carbocycles. The first-order valence-corrected chi connectivity index (χ1v) is 10.6. The van der Waals surface area contributed by atoms with E-state index in [9.17, 15) is 4.79 Å². The van der Waals surface area contributed by atoms with Crippen LogP contribution in [-0.4, -0.2) is 41.6 Å². The summed E-state index contributed by atoms with van der Waals surface area (Å²) in [6.45, 7) is 9.48. The number of thioether (sulfide) groups is 1. The first kappa shape index (κ1) is 20.2. The van der Waals surface area contributed by atoms with Crippen LogP contribution in [0.4, 0.5) is 0 Å². The summed E-state index contributed by atoms with van der Waals surface area (Å²) in [7, 11) is 1.42. The number of imidazole rings is 1. The van der Waals surface area contributed by atoms with Crippen molar-refractivity contribution < 1.29 is 14.3 Å². The molecule has 1 aliphatic rings. The Morgan fingerprint density at radius 1 is 1.33 bits per heavy atom. The van der Waals surface area contributed by atoms with Gasteiger partial charge in [0.2, 0.25) is 0 Å². The smallest absolute Gasteiger partial charge is 0.315 e. The fraction of sp³-hybridized carbons (Fsp3) is 0.619. The van der Waals surface area contributed by atoms with E-state index in [0.29, 0.717) is 11.7 Å². The van der Waals surface area contributed by atoms with Crippen molar-refractivity contribution in [1.82, 2.24) is 9.55 Å². The third-order valence-electron chi connectivity index (χ3n) is 4.85. The van der Waals surface area contributed by atoms with Crippen LogP contribution in [0.15, 0.2) is 23.1 Å². The van der Waals surface area contributed by atoms with Crippen LogP contribution in [0.3, 0.4) is 0 Å². The Labute approximate surface area is 165 Å². The zero-order chi connectivity index (χ0) is 19.4. The Hall–Kier alpha value is -1.53. The first-order valence-electron chi connectivity index (χ1n) is 9.62. The standard InChI is InChI=1S/C21H30N2O3S/c1-21(2,3)12-19-22-17-11-16(27-14-20(24)25-4)5-6-18(17)23(19)13-15-7-9-26-10-8-15/h5-6,11,15H,7-10,12-14H2,1-4H3. The summed E-state index contributed by atoms with van der Waals surface area (Å²) >= 11 is 1.49. The van der Waals surface area contributed by atoms with Crippen molar-refractivity contribution in [3.8, 4) is 0 Å². The molecular formula is C21H30N2O3S. The number of esters is 1. The highest BCUT2D eigenvalue weighted by atomic mass is 32.2. The molecule has 0 aliphatic carbocycles. The van der Waals surface area contributed by atoms with E-state index in [0.717, 1.165) is 55.3 Å². The van der Waals surface area contributed by atoms with Gasteiger partial charge in [-0.25, -0.2) is 4.98 Å². The predicted molar refractivity (Wildman–Crippen MR) is 109 cm³/mol. The lowest BCUT2D eigenvalue weighted by atomic mass is 9.91. The minimum atomic E-state index is -0.210. The summed E-state index contributed by atoms with van der Waals surface area (Å²) in [5.74, 6) is 1.90. The number of carbonyl (C=O) groups is 1. The molecule has 0 N–H and O–H groups in total. The number of hydrogen-bond acceptors (Lipinski definition) is 5. The van der Waals surface area contributed by atoms with E-state index in [-0.39, 0.29) is 11.4 Å². The van der Waals surface area contributed by atoms with Crippen molar-refractivity contribution in [3.63, 3.8) is 0 Å². The second-order valence-electron chi connectivity index (χ2n) is 8.45. The van der Waals surface area contributed by atoms with Gasteiger partial charge in [-0.05, 0) is 42.4 Å². The number of aromatic nitrogens is 2. The average molecular weight is 391 g/mol. The van der Waals surface area contributed by atoms with E-state index >= 15 is 0 Å². The molecule has 3 rings (SSSR count). The summed E-state index contributed by atoms with van der Waals surface area (Å²) in [5, 5.41) is 0. The van der Waals surface area contributed by atoms with Crippen LogP contribution in [0.2, 0.25) is 0 Å². The van der Waals surface area contributed by atoms with Crippen molar-refractivity contribution in [2.24, 2.45) is 11.3 Å². The Bertz CT molecular complexity index is 789. The molecule has 0 bridgehead atoms. The number of rotatable bonds is 6. The van der Waals surface area contributed by atoms with Gasteiger partial charge in [0.1, 0.15) is 5.82 Å². The lowest BCUT2D eigenvalue weighted by molar-refractivity contribution is -0.137. The zero-order valence-corrected chi connectivity index (χ0v) is 17.6. The molecule has 1 aromatic heterocycles. The van der Waals surface area contributed by atoms with E-state index in [1.807, 2.05) is 0 Å². The Morgan fingerprint density at radius 2 is 2.07 bits per heavy atom. The van der Waals surface area contributed by atoms with Crippen LogP contribution in [0.25, 0.3) is 11.0 Å².